The second kappa shape index (κ2) is 14.0. The summed E-state index contributed by atoms with van der Waals surface area (Å²) < 4.78 is 42.6. The number of amides is 2. The molecular formula is C38H50N2O11. The number of rotatable bonds is 11. The van der Waals surface area contributed by atoms with E-state index in [1.165, 1.54) is 4.90 Å². The smallest absolute Gasteiger partial charge is 0.410 e. The number of aliphatic carboxylic acids is 1. The Morgan fingerprint density at radius 1 is 0.941 bits per heavy atom. The van der Waals surface area contributed by atoms with Crippen LogP contribution in [0.5, 0.6) is 0 Å². The van der Waals surface area contributed by atoms with Crippen molar-refractivity contribution in [1.29, 1.82) is 0 Å². The number of carbonyl (C=O) groups is 3. The van der Waals surface area contributed by atoms with Gasteiger partial charge in [-0.05, 0) is 90.0 Å². The highest BCUT2D eigenvalue weighted by Gasteiger charge is 2.66. The lowest BCUT2D eigenvalue weighted by Crippen LogP contribution is -2.63. The van der Waals surface area contributed by atoms with Crippen LogP contribution in [0, 0.1) is 0 Å². The fourth-order valence-electron chi connectivity index (χ4n) is 7.48. The third-order valence-electron chi connectivity index (χ3n) is 9.44. The number of unbranched alkanes of at least 4 members (excludes halogenated alkanes) is 1. The van der Waals surface area contributed by atoms with E-state index in [9.17, 15) is 19.5 Å². The summed E-state index contributed by atoms with van der Waals surface area (Å²) in [6.45, 7) is 13.0. The maximum Gasteiger partial charge on any atom is 0.410 e. The van der Waals surface area contributed by atoms with Crippen molar-refractivity contribution in [2.75, 3.05) is 26.3 Å². The maximum atomic E-state index is 13.6. The third-order valence-corrected chi connectivity index (χ3v) is 9.44. The minimum atomic E-state index is -1.36. The topological polar surface area (TPSA) is 151 Å². The van der Waals surface area contributed by atoms with Gasteiger partial charge in [-0.15, -0.1) is 0 Å². The zero-order valence-corrected chi connectivity index (χ0v) is 30.4. The van der Waals surface area contributed by atoms with E-state index in [-0.39, 0.29) is 44.7 Å². The summed E-state index contributed by atoms with van der Waals surface area (Å²) in [7, 11) is 0. The molecule has 4 aliphatic rings. The molecule has 0 radical (unpaired) electrons. The highest BCUT2D eigenvalue weighted by molar-refractivity contribution is 5.81. The molecular weight excluding hydrogens is 660 g/mol. The van der Waals surface area contributed by atoms with E-state index in [1.54, 1.807) is 34.6 Å². The van der Waals surface area contributed by atoms with Gasteiger partial charge in [-0.1, -0.05) is 48.5 Å². The van der Waals surface area contributed by atoms with Gasteiger partial charge in [0, 0.05) is 12.5 Å². The SMILES string of the molecule is CC(C)(C)OC(=O)N(CCCCC(NC(=O)OCC1c2ccccc2-c2ccccc21)C(=O)O)C[C@@]12OC[C@H]3OC(C)(C)O[C@H]3[C@H]1OC(C)(C)O2. The Morgan fingerprint density at radius 3 is 2.22 bits per heavy atom. The fraction of sp³-hybridized carbons (Fsp3) is 0.605. The van der Waals surface area contributed by atoms with Crippen LogP contribution in [0.15, 0.2) is 48.5 Å². The van der Waals surface area contributed by atoms with E-state index in [1.807, 2.05) is 62.4 Å². The van der Waals surface area contributed by atoms with Crippen LogP contribution in [0.1, 0.15) is 84.8 Å². The number of carbonyl (C=O) groups excluding carboxylic acids is 2. The highest BCUT2D eigenvalue weighted by Crippen LogP contribution is 2.48. The molecule has 13 nitrogen and oxygen atoms in total. The molecule has 0 spiro atoms. The van der Waals surface area contributed by atoms with E-state index >= 15 is 0 Å². The van der Waals surface area contributed by atoms with Gasteiger partial charge in [0.15, 0.2) is 11.6 Å². The average Bonchev–Trinajstić information content (AvgIpc) is 3.64. The first-order valence-electron chi connectivity index (χ1n) is 17.7. The van der Waals surface area contributed by atoms with Crippen molar-refractivity contribution in [2.24, 2.45) is 0 Å². The van der Waals surface area contributed by atoms with Crippen molar-refractivity contribution in [2.45, 2.75) is 121 Å². The Morgan fingerprint density at radius 2 is 1.59 bits per heavy atom. The minimum absolute atomic E-state index is 0.0244. The summed E-state index contributed by atoms with van der Waals surface area (Å²) >= 11 is 0. The monoisotopic (exact) mass is 710 g/mol. The van der Waals surface area contributed by atoms with Gasteiger partial charge < -0.3 is 48.5 Å². The molecule has 13 heteroatoms. The van der Waals surface area contributed by atoms with Crippen molar-refractivity contribution in [1.82, 2.24) is 10.2 Å². The number of hydrogen-bond donors (Lipinski definition) is 2. The number of nitrogens with one attached hydrogen (secondary N) is 1. The second-order valence-electron chi connectivity index (χ2n) is 15.6. The van der Waals surface area contributed by atoms with E-state index in [0.29, 0.717) is 12.8 Å². The Kier molecular flexibility index (Phi) is 10.2. The van der Waals surface area contributed by atoms with Crippen molar-refractivity contribution >= 4 is 18.2 Å². The van der Waals surface area contributed by atoms with E-state index < -0.39 is 59.4 Å². The Balaban J connectivity index is 1.07. The van der Waals surface area contributed by atoms with Crippen LogP contribution in [0.3, 0.4) is 0 Å². The lowest BCUT2D eigenvalue weighted by molar-refractivity contribution is -0.285. The number of carboxylic acid groups (broad SMARTS) is 1. The Bertz CT molecular complexity index is 1580. The van der Waals surface area contributed by atoms with Gasteiger partial charge in [0.2, 0.25) is 5.79 Å². The normalized spacial score (nSPS) is 26.3. The lowest BCUT2D eigenvalue weighted by atomic mass is 9.96. The fourth-order valence-corrected chi connectivity index (χ4v) is 7.48. The second-order valence-corrected chi connectivity index (χ2v) is 15.6. The van der Waals surface area contributed by atoms with Gasteiger partial charge in [0.05, 0.1) is 13.2 Å². The summed E-state index contributed by atoms with van der Waals surface area (Å²) in [5.74, 6) is -4.57. The number of ether oxygens (including phenoxy) is 7. The molecule has 0 bridgehead atoms. The lowest BCUT2D eigenvalue weighted by Gasteiger charge is -2.43. The quantitative estimate of drug-likeness (QED) is 0.273. The Hall–Kier alpha value is -3.75. The van der Waals surface area contributed by atoms with Gasteiger partial charge >= 0.3 is 18.2 Å². The predicted octanol–water partition coefficient (Wildman–Crippen LogP) is 5.78. The first kappa shape index (κ1) is 37.0. The first-order chi connectivity index (χ1) is 24.0. The molecule has 1 aliphatic carbocycles. The van der Waals surface area contributed by atoms with Crippen LogP contribution < -0.4 is 5.32 Å². The van der Waals surface area contributed by atoms with Crippen LogP contribution in [-0.4, -0.2) is 102 Å². The molecule has 2 aromatic carbocycles. The number of nitrogens with zero attached hydrogens (tertiary/aromatic N) is 1. The van der Waals surface area contributed by atoms with Crippen molar-refractivity contribution in [3.63, 3.8) is 0 Å². The number of benzene rings is 2. The molecule has 3 heterocycles. The van der Waals surface area contributed by atoms with E-state index in [4.69, 9.17) is 33.2 Å². The third kappa shape index (κ3) is 8.18. The molecule has 3 aliphatic heterocycles. The number of fused-ring (bicyclic) bond motifs is 6. The number of alkyl carbamates (subject to hydrolysis) is 1. The van der Waals surface area contributed by atoms with E-state index in [0.717, 1.165) is 22.3 Å². The molecule has 3 fully saturated rings. The van der Waals surface area contributed by atoms with Gasteiger partial charge in [-0.25, -0.2) is 14.4 Å². The molecule has 2 N–H and O–H groups in total. The molecule has 51 heavy (non-hydrogen) atoms. The number of hydrogen-bond acceptors (Lipinski definition) is 10. The van der Waals surface area contributed by atoms with Gasteiger partial charge in [-0.3, -0.25) is 0 Å². The molecule has 2 amide bonds. The minimum Gasteiger partial charge on any atom is -0.480 e. The molecule has 0 saturated carbocycles. The summed E-state index contributed by atoms with van der Waals surface area (Å²) in [4.78, 5) is 40.1. The van der Waals surface area contributed by atoms with Crippen LogP contribution in [0.2, 0.25) is 0 Å². The zero-order valence-electron chi connectivity index (χ0n) is 30.4. The van der Waals surface area contributed by atoms with Crippen LogP contribution in [0.4, 0.5) is 9.59 Å². The molecule has 5 atom stereocenters. The van der Waals surface area contributed by atoms with Crippen molar-refractivity contribution in [3.05, 3.63) is 59.7 Å². The summed E-state index contributed by atoms with van der Waals surface area (Å²) in [5, 5.41) is 12.5. The Labute approximate surface area is 298 Å². The molecule has 278 valence electrons. The molecule has 6 rings (SSSR count). The molecule has 0 aromatic heterocycles. The van der Waals surface area contributed by atoms with Crippen LogP contribution >= 0.6 is 0 Å². The van der Waals surface area contributed by atoms with Crippen molar-refractivity contribution < 1.29 is 52.6 Å². The standard InChI is InChI=1S/C38H50N2O11/c1-35(2,3)50-34(44)40(22-38-31(49-37(6,7)51-38)30-29(21-46-38)47-36(4,5)48-30)19-13-12-18-28(32(41)42)39-33(43)45-20-27-25-16-10-8-14-23(25)24-15-9-11-17-26(24)27/h8-11,14-17,27-31H,12-13,18-22H2,1-7H3,(H,39,43)(H,41,42)/t28?,29-,30-,31-,38+/m1/s1. The van der Waals surface area contributed by atoms with Gasteiger partial charge in [0.25, 0.3) is 0 Å². The molecule has 2 aromatic rings. The largest absolute Gasteiger partial charge is 0.480 e. The van der Waals surface area contributed by atoms with Gasteiger partial charge in [-0.2, -0.15) is 0 Å². The number of carboxylic acids is 1. The summed E-state index contributed by atoms with van der Waals surface area (Å²) in [6, 6.07) is 14.8. The van der Waals surface area contributed by atoms with Crippen LogP contribution in [0.25, 0.3) is 11.1 Å². The molecule has 1 unspecified atom stereocenters. The zero-order chi connectivity index (χ0) is 36.8. The van der Waals surface area contributed by atoms with Crippen LogP contribution in [-0.2, 0) is 38.0 Å². The average molecular weight is 711 g/mol. The maximum absolute atomic E-state index is 13.6. The van der Waals surface area contributed by atoms with Gasteiger partial charge in [0.1, 0.15) is 36.6 Å². The summed E-state index contributed by atoms with van der Waals surface area (Å²) in [6.07, 6.45) is -2.06. The van der Waals surface area contributed by atoms with Crippen molar-refractivity contribution in [3.8, 4) is 11.1 Å². The van der Waals surface area contributed by atoms with E-state index in [2.05, 4.69) is 5.32 Å². The highest BCUT2D eigenvalue weighted by atomic mass is 16.9. The molecule has 3 saturated heterocycles. The first-order valence-corrected chi connectivity index (χ1v) is 17.7. The summed E-state index contributed by atoms with van der Waals surface area (Å²) in [5.41, 5.74) is 3.55. The predicted molar refractivity (Wildman–Crippen MR) is 184 cm³/mol.